The Morgan fingerprint density at radius 3 is 3.00 bits per heavy atom. The van der Waals surface area contributed by atoms with E-state index in [4.69, 9.17) is 17.3 Å². The van der Waals surface area contributed by atoms with Crippen LogP contribution < -0.4 is 5.73 Å². The molecule has 3 rings (SSSR count). The van der Waals surface area contributed by atoms with Crippen molar-refractivity contribution in [1.29, 1.82) is 0 Å². The molecule has 0 bridgehead atoms. The van der Waals surface area contributed by atoms with Crippen LogP contribution in [0, 0.1) is 0 Å². The zero-order valence-corrected chi connectivity index (χ0v) is 12.7. The predicted molar refractivity (Wildman–Crippen MR) is 84.1 cm³/mol. The standard InChI is InChI=1S/C16H18ClN3O/c1-20-14(21)6-2-5-13(18)16(20)11-7-8-12(17)10-4-3-9-19-15(10)11/h3-4,7-9,13,16H,2,5-6,18H2,1H3. The highest BCUT2D eigenvalue weighted by Crippen LogP contribution is 2.34. The van der Waals surface area contributed by atoms with E-state index < -0.39 is 0 Å². The average Bonchev–Trinajstić information content (AvgIpc) is 2.61. The number of carbonyl (C=O) groups is 1. The number of benzene rings is 1. The van der Waals surface area contributed by atoms with Gasteiger partial charge in [0, 0.05) is 41.7 Å². The molecule has 2 heterocycles. The lowest BCUT2D eigenvalue weighted by molar-refractivity contribution is -0.131. The Morgan fingerprint density at radius 2 is 2.19 bits per heavy atom. The minimum Gasteiger partial charge on any atom is -0.337 e. The number of nitrogens with two attached hydrogens (primary N) is 1. The smallest absolute Gasteiger partial charge is 0.222 e. The van der Waals surface area contributed by atoms with Gasteiger partial charge in [0.05, 0.1) is 11.6 Å². The molecule has 110 valence electrons. The van der Waals surface area contributed by atoms with E-state index in [0.29, 0.717) is 11.4 Å². The van der Waals surface area contributed by atoms with Gasteiger partial charge in [-0.15, -0.1) is 0 Å². The van der Waals surface area contributed by atoms with Crippen LogP contribution in [0.5, 0.6) is 0 Å². The van der Waals surface area contributed by atoms with Crippen molar-refractivity contribution in [1.82, 2.24) is 9.88 Å². The van der Waals surface area contributed by atoms with Crippen LogP contribution >= 0.6 is 11.6 Å². The fourth-order valence-electron chi connectivity index (χ4n) is 3.10. The lowest BCUT2D eigenvalue weighted by Gasteiger charge is -2.31. The maximum Gasteiger partial charge on any atom is 0.222 e. The molecule has 0 radical (unpaired) electrons. The van der Waals surface area contributed by atoms with Crippen molar-refractivity contribution in [3.8, 4) is 0 Å². The van der Waals surface area contributed by atoms with Gasteiger partial charge < -0.3 is 10.6 Å². The van der Waals surface area contributed by atoms with Crippen LogP contribution in [0.1, 0.15) is 30.9 Å². The molecule has 0 saturated carbocycles. The van der Waals surface area contributed by atoms with E-state index in [1.807, 2.05) is 31.3 Å². The lowest BCUT2D eigenvalue weighted by Crippen LogP contribution is -2.40. The fraction of sp³-hybridized carbons (Fsp3) is 0.375. The number of likely N-dealkylation sites (N-methyl/N-ethyl adjacent to an activating group) is 1. The van der Waals surface area contributed by atoms with Crippen LogP contribution in [0.3, 0.4) is 0 Å². The first-order chi connectivity index (χ1) is 10.1. The number of carbonyl (C=O) groups excluding carboxylic acids is 1. The highest BCUT2D eigenvalue weighted by atomic mass is 35.5. The summed E-state index contributed by atoms with van der Waals surface area (Å²) in [7, 11) is 1.82. The largest absolute Gasteiger partial charge is 0.337 e. The molecule has 2 atom stereocenters. The van der Waals surface area contributed by atoms with Crippen LogP contribution in [-0.4, -0.2) is 28.9 Å². The molecule has 2 aromatic rings. The molecule has 0 aliphatic carbocycles. The summed E-state index contributed by atoms with van der Waals surface area (Å²) in [4.78, 5) is 18.4. The van der Waals surface area contributed by atoms with Gasteiger partial charge in [0.15, 0.2) is 0 Å². The van der Waals surface area contributed by atoms with Gasteiger partial charge in [0.1, 0.15) is 0 Å². The van der Waals surface area contributed by atoms with Crippen molar-refractivity contribution >= 4 is 28.4 Å². The Balaban J connectivity index is 2.18. The summed E-state index contributed by atoms with van der Waals surface area (Å²) in [5.74, 6) is 0.131. The summed E-state index contributed by atoms with van der Waals surface area (Å²) in [6.07, 6.45) is 3.96. The molecule has 21 heavy (non-hydrogen) atoms. The second-order valence-corrected chi connectivity index (χ2v) is 5.95. The SMILES string of the molecule is CN1C(=O)CCCC(N)C1c1ccc(Cl)c2cccnc12. The summed E-state index contributed by atoms with van der Waals surface area (Å²) < 4.78 is 0. The Bertz CT molecular complexity index is 688. The predicted octanol–water partition coefficient (Wildman–Crippen LogP) is 2.90. The number of rotatable bonds is 1. The molecular formula is C16H18ClN3O. The van der Waals surface area contributed by atoms with E-state index >= 15 is 0 Å². The van der Waals surface area contributed by atoms with Crippen molar-refractivity contribution in [2.45, 2.75) is 31.3 Å². The molecule has 4 nitrogen and oxygen atoms in total. The third-order valence-corrected chi connectivity index (χ3v) is 4.54. The first-order valence-electron chi connectivity index (χ1n) is 7.14. The number of likely N-dealkylation sites (tertiary alicyclic amines) is 1. The van der Waals surface area contributed by atoms with E-state index in [1.165, 1.54) is 0 Å². The summed E-state index contributed by atoms with van der Waals surface area (Å²) >= 11 is 6.25. The van der Waals surface area contributed by atoms with E-state index in [2.05, 4.69) is 4.98 Å². The second kappa shape index (κ2) is 5.62. The third kappa shape index (κ3) is 2.49. The molecule has 0 spiro atoms. The van der Waals surface area contributed by atoms with Crippen molar-refractivity contribution in [3.05, 3.63) is 41.0 Å². The molecule has 1 aromatic heterocycles. The molecule has 2 N–H and O–H groups in total. The maximum absolute atomic E-state index is 12.2. The Kier molecular flexibility index (Phi) is 3.83. The maximum atomic E-state index is 12.2. The van der Waals surface area contributed by atoms with Gasteiger partial charge >= 0.3 is 0 Å². The van der Waals surface area contributed by atoms with Gasteiger partial charge in [-0.2, -0.15) is 0 Å². The monoisotopic (exact) mass is 303 g/mol. The summed E-state index contributed by atoms with van der Waals surface area (Å²) in [5.41, 5.74) is 8.14. The summed E-state index contributed by atoms with van der Waals surface area (Å²) in [5, 5.41) is 1.56. The Hall–Kier alpha value is -1.65. The molecule has 1 amide bonds. The number of halogens is 1. The van der Waals surface area contributed by atoms with Crippen LogP contribution in [0.4, 0.5) is 0 Å². The van der Waals surface area contributed by atoms with Crippen LogP contribution in [0.2, 0.25) is 5.02 Å². The number of nitrogens with zero attached hydrogens (tertiary/aromatic N) is 2. The van der Waals surface area contributed by atoms with Crippen molar-refractivity contribution in [2.75, 3.05) is 7.05 Å². The van der Waals surface area contributed by atoms with Gasteiger partial charge in [0.2, 0.25) is 5.91 Å². The second-order valence-electron chi connectivity index (χ2n) is 5.54. The van der Waals surface area contributed by atoms with Crippen LogP contribution in [-0.2, 0) is 4.79 Å². The fourth-order valence-corrected chi connectivity index (χ4v) is 3.32. The van der Waals surface area contributed by atoms with Gasteiger partial charge in [-0.25, -0.2) is 0 Å². The van der Waals surface area contributed by atoms with Crippen LogP contribution in [0.15, 0.2) is 30.5 Å². The van der Waals surface area contributed by atoms with Crippen molar-refractivity contribution in [2.24, 2.45) is 5.73 Å². The van der Waals surface area contributed by atoms with Gasteiger partial charge in [-0.3, -0.25) is 9.78 Å². The number of aromatic nitrogens is 1. The molecule has 1 fully saturated rings. The number of fused-ring (bicyclic) bond motifs is 1. The zero-order valence-electron chi connectivity index (χ0n) is 11.9. The molecule has 1 aliphatic heterocycles. The highest BCUT2D eigenvalue weighted by Gasteiger charge is 2.31. The third-order valence-electron chi connectivity index (χ3n) is 4.21. The number of hydrogen-bond donors (Lipinski definition) is 1. The minimum absolute atomic E-state index is 0.0900. The van der Waals surface area contributed by atoms with Crippen LogP contribution in [0.25, 0.3) is 10.9 Å². The van der Waals surface area contributed by atoms with Gasteiger partial charge in [-0.05, 0) is 31.0 Å². The first kappa shape index (κ1) is 14.3. The quantitative estimate of drug-likeness (QED) is 0.881. The number of amides is 1. The van der Waals surface area contributed by atoms with Crippen molar-refractivity contribution in [3.63, 3.8) is 0 Å². The zero-order chi connectivity index (χ0) is 15.0. The number of pyridine rings is 1. The average molecular weight is 304 g/mol. The van der Waals surface area contributed by atoms with Crippen molar-refractivity contribution < 1.29 is 4.79 Å². The Labute approximate surface area is 128 Å². The molecule has 1 saturated heterocycles. The minimum atomic E-state index is -0.158. The number of hydrogen-bond acceptors (Lipinski definition) is 3. The summed E-state index contributed by atoms with van der Waals surface area (Å²) in [6, 6.07) is 7.36. The van der Waals surface area contributed by atoms with Gasteiger partial charge in [-0.1, -0.05) is 17.7 Å². The van der Waals surface area contributed by atoms with Gasteiger partial charge in [0.25, 0.3) is 0 Å². The van der Waals surface area contributed by atoms with E-state index in [0.717, 1.165) is 29.3 Å². The van der Waals surface area contributed by atoms with E-state index in [1.54, 1.807) is 11.1 Å². The molecule has 2 unspecified atom stereocenters. The molecular weight excluding hydrogens is 286 g/mol. The lowest BCUT2D eigenvalue weighted by atomic mass is 9.94. The highest BCUT2D eigenvalue weighted by molar-refractivity contribution is 6.35. The first-order valence-corrected chi connectivity index (χ1v) is 7.52. The topological polar surface area (TPSA) is 59.2 Å². The Morgan fingerprint density at radius 1 is 1.38 bits per heavy atom. The molecule has 1 aromatic carbocycles. The molecule has 1 aliphatic rings. The normalized spacial score (nSPS) is 23.4. The van der Waals surface area contributed by atoms with E-state index in [9.17, 15) is 4.79 Å². The summed E-state index contributed by atoms with van der Waals surface area (Å²) in [6.45, 7) is 0. The molecule has 5 heteroatoms. The van der Waals surface area contributed by atoms with E-state index in [-0.39, 0.29) is 18.0 Å².